The predicted molar refractivity (Wildman–Crippen MR) is 74.8 cm³/mol. The summed E-state index contributed by atoms with van der Waals surface area (Å²) in [4.78, 5) is 0. The number of halogens is 1. The Morgan fingerprint density at radius 2 is 1.94 bits per heavy atom. The minimum Gasteiger partial charge on any atom is -0.316 e. The summed E-state index contributed by atoms with van der Waals surface area (Å²) < 4.78 is 14.4. The van der Waals surface area contributed by atoms with Crippen molar-refractivity contribution in [1.29, 1.82) is 0 Å². The van der Waals surface area contributed by atoms with Crippen LogP contribution in [0.5, 0.6) is 0 Å². The lowest BCUT2D eigenvalue weighted by Crippen LogP contribution is -2.36. The van der Waals surface area contributed by atoms with Crippen LogP contribution in [0.4, 0.5) is 4.39 Å². The summed E-state index contributed by atoms with van der Waals surface area (Å²) in [5.74, 6) is 0.193. The maximum atomic E-state index is 14.4. The van der Waals surface area contributed by atoms with Gasteiger partial charge in [-0.2, -0.15) is 0 Å². The van der Waals surface area contributed by atoms with Crippen LogP contribution in [0.3, 0.4) is 0 Å². The lowest BCUT2D eigenvalue weighted by atomic mass is 9.88. The molecule has 0 amide bonds. The van der Waals surface area contributed by atoms with Crippen molar-refractivity contribution in [2.45, 2.75) is 46.2 Å². The molecular weight excluding hydrogens is 225 g/mol. The molecule has 18 heavy (non-hydrogen) atoms. The molecule has 1 N–H and O–H groups in total. The van der Waals surface area contributed by atoms with Crippen molar-refractivity contribution in [3.8, 4) is 0 Å². The Kier molecular flexibility index (Phi) is 4.39. The first-order valence-electron chi connectivity index (χ1n) is 6.99. The van der Waals surface area contributed by atoms with Crippen LogP contribution < -0.4 is 5.32 Å². The van der Waals surface area contributed by atoms with Gasteiger partial charge in [-0.25, -0.2) is 4.39 Å². The van der Waals surface area contributed by atoms with Gasteiger partial charge in [0, 0.05) is 18.9 Å². The fourth-order valence-electron chi connectivity index (χ4n) is 3.08. The minimum atomic E-state index is -0.710. The van der Waals surface area contributed by atoms with Crippen LogP contribution in [0.2, 0.25) is 0 Å². The molecule has 1 aliphatic rings. The highest BCUT2D eigenvalue weighted by Gasteiger charge is 2.24. The maximum absolute atomic E-state index is 14.4. The third-order valence-corrected chi connectivity index (χ3v) is 4.09. The number of rotatable bonds is 3. The summed E-state index contributed by atoms with van der Waals surface area (Å²) in [6, 6.07) is 4.32. The van der Waals surface area contributed by atoms with Crippen LogP contribution in [-0.2, 0) is 6.42 Å². The lowest BCUT2D eigenvalue weighted by Gasteiger charge is -2.26. The van der Waals surface area contributed by atoms with Crippen LogP contribution >= 0.6 is 0 Å². The lowest BCUT2D eigenvalue weighted by molar-refractivity contribution is 0.191. The highest BCUT2D eigenvalue weighted by Crippen LogP contribution is 2.24. The van der Waals surface area contributed by atoms with E-state index in [1.807, 2.05) is 0 Å². The molecule has 1 saturated heterocycles. The van der Waals surface area contributed by atoms with Gasteiger partial charge in [-0.1, -0.05) is 17.7 Å². The summed E-state index contributed by atoms with van der Waals surface area (Å²) in [6.45, 7) is 8.18. The smallest absolute Gasteiger partial charge is 0.108 e. The topological polar surface area (TPSA) is 12.0 Å². The molecule has 1 fully saturated rings. The molecule has 1 aromatic rings. The maximum Gasteiger partial charge on any atom is 0.108 e. The second-order valence-corrected chi connectivity index (χ2v) is 5.70. The van der Waals surface area contributed by atoms with Crippen molar-refractivity contribution >= 4 is 0 Å². The molecule has 0 saturated carbocycles. The average molecular weight is 249 g/mol. The van der Waals surface area contributed by atoms with Gasteiger partial charge < -0.3 is 5.32 Å². The van der Waals surface area contributed by atoms with Crippen LogP contribution in [0.15, 0.2) is 12.1 Å². The van der Waals surface area contributed by atoms with E-state index in [1.54, 1.807) is 0 Å². The number of hydrogen-bond acceptors (Lipinski definition) is 1. The zero-order valence-corrected chi connectivity index (χ0v) is 11.7. The van der Waals surface area contributed by atoms with E-state index in [4.69, 9.17) is 0 Å². The fourth-order valence-corrected chi connectivity index (χ4v) is 3.08. The largest absolute Gasteiger partial charge is 0.316 e. The highest BCUT2D eigenvalue weighted by molar-refractivity contribution is 5.37. The minimum absolute atomic E-state index is 0.193. The first-order valence-corrected chi connectivity index (χ1v) is 6.99. The van der Waals surface area contributed by atoms with Crippen molar-refractivity contribution in [3.63, 3.8) is 0 Å². The number of alkyl halides is 1. The summed E-state index contributed by atoms with van der Waals surface area (Å²) in [6.07, 6.45) is 2.00. The van der Waals surface area contributed by atoms with Crippen LogP contribution in [0.25, 0.3) is 0 Å². The second-order valence-electron chi connectivity index (χ2n) is 5.70. The number of benzene rings is 1. The van der Waals surface area contributed by atoms with Gasteiger partial charge in [-0.05, 0) is 56.8 Å². The SMILES string of the molecule is Cc1cc(C)c(CC(F)C2CCCNC2)c(C)c1. The predicted octanol–water partition coefficient (Wildman–Crippen LogP) is 3.49. The molecule has 2 heteroatoms. The number of piperidine rings is 1. The van der Waals surface area contributed by atoms with E-state index in [9.17, 15) is 4.39 Å². The van der Waals surface area contributed by atoms with Crippen molar-refractivity contribution in [3.05, 3.63) is 34.4 Å². The van der Waals surface area contributed by atoms with Gasteiger partial charge >= 0.3 is 0 Å². The molecule has 0 spiro atoms. The Hall–Kier alpha value is -0.890. The summed E-state index contributed by atoms with van der Waals surface area (Å²) >= 11 is 0. The highest BCUT2D eigenvalue weighted by atomic mass is 19.1. The molecule has 2 atom stereocenters. The zero-order chi connectivity index (χ0) is 13.1. The Labute approximate surface area is 110 Å². The fraction of sp³-hybridized carbons (Fsp3) is 0.625. The molecule has 1 nitrogen and oxygen atoms in total. The van der Waals surface area contributed by atoms with Crippen molar-refractivity contribution in [2.75, 3.05) is 13.1 Å². The standard InChI is InChI=1S/C16H24FN/c1-11-7-12(2)15(13(3)8-11)9-16(17)14-5-4-6-18-10-14/h7-8,14,16,18H,4-6,9-10H2,1-3H3. The molecule has 1 aromatic carbocycles. The summed E-state index contributed by atoms with van der Waals surface area (Å²) in [7, 11) is 0. The van der Waals surface area contributed by atoms with Crippen molar-refractivity contribution < 1.29 is 4.39 Å². The van der Waals surface area contributed by atoms with Gasteiger partial charge in [-0.3, -0.25) is 0 Å². The van der Waals surface area contributed by atoms with E-state index in [2.05, 4.69) is 38.2 Å². The van der Waals surface area contributed by atoms with Crippen molar-refractivity contribution in [1.82, 2.24) is 5.32 Å². The number of aryl methyl sites for hydroxylation is 3. The van der Waals surface area contributed by atoms with Gasteiger partial charge in [-0.15, -0.1) is 0 Å². The second kappa shape index (κ2) is 5.83. The first kappa shape index (κ1) is 13.5. The summed E-state index contributed by atoms with van der Waals surface area (Å²) in [5, 5.41) is 3.30. The van der Waals surface area contributed by atoms with Crippen LogP contribution in [-0.4, -0.2) is 19.3 Å². The van der Waals surface area contributed by atoms with Crippen LogP contribution in [0, 0.1) is 26.7 Å². The quantitative estimate of drug-likeness (QED) is 0.864. The molecule has 0 aliphatic carbocycles. The molecule has 1 heterocycles. The molecule has 0 bridgehead atoms. The van der Waals surface area contributed by atoms with Crippen LogP contribution in [0.1, 0.15) is 35.1 Å². The Morgan fingerprint density at radius 3 is 2.50 bits per heavy atom. The molecule has 0 aromatic heterocycles. The van der Waals surface area contributed by atoms with Gasteiger partial charge in [0.25, 0.3) is 0 Å². The number of hydrogen-bond donors (Lipinski definition) is 1. The summed E-state index contributed by atoms with van der Waals surface area (Å²) in [5.41, 5.74) is 4.94. The third-order valence-electron chi connectivity index (χ3n) is 4.09. The first-order chi connectivity index (χ1) is 8.58. The molecule has 100 valence electrons. The van der Waals surface area contributed by atoms with E-state index >= 15 is 0 Å². The van der Waals surface area contributed by atoms with Crippen molar-refractivity contribution in [2.24, 2.45) is 5.92 Å². The molecular formula is C16H24FN. The molecule has 0 radical (unpaired) electrons. The van der Waals surface area contributed by atoms with Gasteiger partial charge in [0.05, 0.1) is 0 Å². The van der Waals surface area contributed by atoms with Gasteiger partial charge in [0.1, 0.15) is 6.17 Å². The third kappa shape index (κ3) is 3.11. The molecule has 1 aliphatic heterocycles. The normalized spacial score (nSPS) is 21.9. The zero-order valence-electron chi connectivity index (χ0n) is 11.7. The monoisotopic (exact) mass is 249 g/mol. The van der Waals surface area contributed by atoms with E-state index in [-0.39, 0.29) is 5.92 Å². The Balaban J connectivity index is 2.08. The van der Waals surface area contributed by atoms with E-state index in [1.165, 1.54) is 22.3 Å². The van der Waals surface area contributed by atoms with Gasteiger partial charge in [0.15, 0.2) is 0 Å². The van der Waals surface area contributed by atoms with E-state index in [0.29, 0.717) is 6.42 Å². The van der Waals surface area contributed by atoms with Gasteiger partial charge in [0.2, 0.25) is 0 Å². The average Bonchev–Trinajstić information content (AvgIpc) is 2.34. The molecule has 2 rings (SSSR count). The Bertz CT molecular complexity index is 385. The van der Waals surface area contributed by atoms with E-state index < -0.39 is 6.17 Å². The Morgan fingerprint density at radius 1 is 1.28 bits per heavy atom. The molecule has 2 unspecified atom stereocenters. The van der Waals surface area contributed by atoms with E-state index in [0.717, 1.165) is 25.9 Å². The number of nitrogens with one attached hydrogen (secondary N) is 1.